The van der Waals surface area contributed by atoms with Crippen molar-refractivity contribution in [2.24, 2.45) is 11.8 Å². The van der Waals surface area contributed by atoms with Gasteiger partial charge in [0.1, 0.15) is 24.1 Å². The lowest BCUT2D eigenvalue weighted by Gasteiger charge is -2.27. The number of ether oxygens (including phenoxy) is 3. The van der Waals surface area contributed by atoms with Crippen LogP contribution in [0.5, 0.6) is 0 Å². The van der Waals surface area contributed by atoms with Crippen LogP contribution < -0.4 is 0 Å². The van der Waals surface area contributed by atoms with E-state index in [2.05, 4.69) is 13.2 Å². The predicted octanol–water partition coefficient (Wildman–Crippen LogP) is 4.01. The molecule has 5 heteroatoms. The van der Waals surface area contributed by atoms with Crippen molar-refractivity contribution in [1.29, 1.82) is 0 Å². The summed E-state index contributed by atoms with van der Waals surface area (Å²) in [7, 11) is 0. The number of hydrogen-bond donors (Lipinski definition) is 0. The minimum atomic E-state index is -0.497. The summed E-state index contributed by atoms with van der Waals surface area (Å²) in [6, 6.07) is 0. The first-order chi connectivity index (χ1) is 12.8. The third-order valence-corrected chi connectivity index (χ3v) is 5.68. The zero-order chi connectivity index (χ0) is 19.7. The summed E-state index contributed by atoms with van der Waals surface area (Å²) in [4.78, 5) is 24.8. The molecule has 2 aliphatic heterocycles. The van der Waals surface area contributed by atoms with Crippen molar-refractivity contribution in [3.63, 3.8) is 0 Å². The second-order valence-corrected chi connectivity index (χ2v) is 7.60. The zero-order valence-electron chi connectivity index (χ0n) is 16.3. The number of carbonyl (C=O) groups excluding carboxylic acids is 2. The van der Waals surface area contributed by atoms with Crippen LogP contribution in [0, 0.1) is 11.8 Å². The van der Waals surface area contributed by atoms with Crippen LogP contribution in [0.3, 0.4) is 0 Å². The molecule has 2 heterocycles. The van der Waals surface area contributed by atoms with Gasteiger partial charge in [0.25, 0.3) is 0 Å². The molecule has 0 aromatic rings. The van der Waals surface area contributed by atoms with Crippen LogP contribution in [0.2, 0.25) is 0 Å². The zero-order valence-corrected chi connectivity index (χ0v) is 16.3. The molecule has 0 spiro atoms. The minimum Gasteiger partial charge on any atom is -0.490 e. The van der Waals surface area contributed by atoms with Crippen LogP contribution in [0.1, 0.15) is 46.5 Å². The van der Waals surface area contributed by atoms with E-state index in [4.69, 9.17) is 14.2 Å². The molecule has 1 aliphatic carbocycles. The Balaban J connectivity index is 1.95. The molecule has 0 aromatic carbocycles. The van der Waals surface area contributed by atoms with E-state index < -0.39 is 6.10 Å². The van der Waals surface area contributed by atoms with Crippen LogP contribution in [0.15, 0.2) is 47.8 Å². The van der Waals surface area contributed by atoms with Crippen molar-refractivity contribution >= 4 is 11.9 Å². The molecular formula is C22H28O5. The Morgan fingerprint density at radius 2 is 1.93 bits per heavy atom. The van der Waals surface area contributed by atoms with Gasteiger partial charge in [-0.3, -0.25) is 4.79 Å². The van der Waals surface area contributed by atoms with Crippen LogP contribution in [-0.2, 0) is 23.8 Å². The predicted molar refractivity (Wildman–Crippen MR) is 102 cm³/mol. The largest absolute Gasteiger partial charge is 0.490 e. The summed E-state index contributed by atoms with van der Waals surface area (Å²) >= 11 is 0. The molecule has 0 aromatic heterocycles. The summed E-state index contributed by atoms with van der Waals surface area (Å²) < 4.78 is 17.3. The van der Waals surface area contributed by atoms with E-state index in [-0.39, 0.29) is 36.0 Å². The first-order valence-electron chi connectivity index (χ1n) is 9.68. The summed E-state index contributed by atoms with van der Waals surface area (Å²) in [5, 5.41) is 0. The van der Waals surface area contributed by atoms with Crippen LogP contribution in [0.25, 0.3) is 0 Å². The fourth-order valence-corrected chi connectivity index (χ4v) is 4.06. The molecular weight excluding hydrogens is 344 g/mol. The highest BCUT2D eigenvalue weighted by atomic mass is 16.6. The summed E-state index contributed by atoms with van der Waals surface area (Å²) in [6.45, 7) is 14.0. The number of hydrogen-bond acceptors (Lipinski definition) is 5. The van der Waals surface area contributed by atoms with E-state index in [1.165, 1.54) is 0 Å². The van der Waals surface area contributed by atoms with E-state index in [0.717, 1.165) is 24.0 Å². The van der Waals surface area contributed by atoms with Crippen LogP contribution in [0.4, 0.5) is 0 Å². The van der Waals surface area contributed by atoms with Crippen molar-refractivity contribution in [3.05, 3.63) is 47.8 Å². The lowest BCUT2D eigenvalue weighted by molar-refractivity contribution is -0.154. The number of rotatable bonds is 4. The summed E-state index contributed by atoms with van der Waals surface area (Å²) in [5.41, 5.74) is 2.33. The van der Waals surface area contributed by atoms with Gasteiger partial charge in [0, 0.05) is 18.4 Å². The first-order valence-corrected chi connectivity index (χ1v) is 9.68. The van der Waals surface area contributed by atoms with Gasteiger partial charge >= 0.3 is 11.9 Å². The van der Waals surface area contributed by atoms with E-state index in [0.29, 0.717) is 24.2 Å². The normalized spacial score (nSPS) is 32.2. The van der Waals surface area contributed by atoms with E-state index in [9.17, 15) is 9.59 Å². The molecule has 1 fully saturated rings. The number of esters is 2. The molecule has 1 unspecified atom stereocenters. The molecule has 3 aliphatic rings. The molecule has 146 valence electrons. The van der Waals surface area contributed by atoms with Gasteiger partial charge in [0.2, 0.25) is 0 Å². The maximum Gasteiger partial charge on any atom is 0.334 e. The second kappa shape index (κ2) is 7.75. The summed E-state index contributed by atoms with van der Waals surface area (Å²) in [5.74, 6) is -0.412. The van der Waals surface area contributed by atoms with Gasteiger partial charge in [-0.25, -0.2) is 4.79 Å². The van der Waals surface area contributed by atoms with Gasteiger partial charge < -0.3 is 14.2 Å². The fourth-order valence-electron chi connectivity index (χ4n) is 4.06. The lowest BCUT2D eigenvalue weighted by Crippen LogP contribution is -2.34. The van der Waals surface area contributed by atoms with Gasteiger partial charge in [-0.1, -0.05) is 32.6 Å². The maximum absolute atomic E-state index is 12.7. The highest BCUT2D eigenvalue weighted by Crippen LogP contribution is 2.42. The third kappa shape index (κ3) is 3.87. The SMILES string of the molecule is C=C1OC2CC3=C[C@@H](C/C(C)=C/[C@@H](OC(=O)C(CC)CC)[C@@H]2C1=C)OC3=O. The van der Waals surface area contributed by atoms with Crippen molar-refractivity contribution in [3.8, 4) is 0 Å². The Labute approximate surface area is 160 Å². The van der Waals surface area contributed by atoms with Crippen molar-refractivity contribution < 1.29 is 23.8 Å². The Hall–Kier alpha value is -2.30. The van der Waals surface area contributed by atoms with Crippen molar-refractivity contribution in [2.75, 3.05) is 0 Å². The van der Waals surface area contributed by atoms with E-state index in [1.54, 1.807) is 0 Å². The number of carbonyl (C=O) groups is 2. The van der Waals surface area contributed by atoms with Crippen molar-refractivity contribution in [1.82, 2.24) is 0 Å². The highest BCUT2D eigenvalue weighted by molar-refractivity contribution is 5.91. The van der Waals surface area contributed by atoms with Gasteiger partial charge in [-0.05, 0) is 37.5 Å². The maximum atomic E-state index is 12.7. The quantitative estimate of drug-likeness (QED) is 0.551. The molecule has 0 N–H and O–H groups in total. The van der Waals surface area contributed by atoms with Crippen molar-refractivity contribution in [2.45, 2.75) is 64.8 Å². The van der Waals surface area contributed by atoms with Gasteiger partial charge in [0.05, 0.1) is 11.8 Å². The third-order valence-electron chi connectivity index (χ3n) is 5.68. The molecule has 1 saturated heterocycles. The Bertz CT molecular complexity index is 725. The molecule has 2 bridgehead atoms. The molecule has 4 atom stereocenters. The topological polar surface area (TPSA) is 61.8 Å². The second-order valence-electron chi connectivity index (χ2n) is 7.60. The van der Waals surface area contributed by atoms with Gasteiger partial charge in [-0.15, -0.1) is 0 Å². The van der Waals surface area contributed by atoms with Gasteiger partial charge in [-0.2, -0.15) is 0 Å². The highest BCUT2D eigenvalue weighted by Gasteiger charge is 2.44. The average Bonchev–Trinajstić information content (AvgIpc) is 3.07. The van der Waals surface area contributed by atoms with Crippen LogP contribution in [-0.4, -0.2) is 30.3 Å². The summed E-state index contributed by atoms with van der Waals surface area (Å²) in [6.07, 6.45) is 5.15. The molecule has 3 rings (SSSR count). The molecule has 5 nitrogen and oxygen atoms in total. The Morgan fingerprint density at radius 1 is 1.22 bits per heavy atom. The van der Waals surface area contributed by atoms with E-state index >= 15 is 0 Å². The average molecular weight is 372 g/mol. The molecule has 27 heavy (non-hydrogen) atoms. The number of fused-ring (bicyclic) bond motifs is 2. The van der Waals surface area contributed by atoms with E-state index in [1.807, 2.05) is 32.9 Å². The smallest absolute Gasteiger partial charge is 0.334 e. The van der Waals surface area contributed by atoms with Crippen LogP contribution >= 0.6 is 0 Å². The number of allylic oxidation sites excluding steroid dienone is 1. The standard InChI is InChI=1S/C22H28O5/c1-6-15(7-2)21(23)27-18-9-12(3)8-17-10-16(22(24)26-17)11-19-20(18)13(4)14(5)25-19/h9-10,15,17-20H,4-8,11H2,1-3H3/b12-9+/t17-,18-,19?,20+/m1/s1. The Morgan fingerprint density at radius 3 is 2.59 bits per heavy atom. The Kier molecular flexibility index (Phi) is 5.59. The lowest BCUT2D eigenvalue weighted by atomic mass is 9.85. The molecule has 0 amide bonds. The van der Waals surface area contributed by atoms with Gasteiger partial charge in [0.15, 0.2) is 0 Å². The molecule has 0 saturated carbocycles. The fraction of sp³-hybridized carbons (Fsp3) is 0.545. The monoisotopic (exact) mass is 372 g/mol. The minimum absolute atomic E-state index is 0.129. The first kappa shape index (κ1) is 19.5. The molecule has 0 radical (unpaired) electrons.